The van der Waals surface area contributed by atoms with E-state index >= 15 is 0 Å². The van der Waals surface area contributed by atoms with Crippen LogP contribution in [0.15, 0.2) is 30.3 Å². The Morgan fingerprint density at radius 2 is 1.47 bits per heavy atom. The number of hydrogen-bond acceptors (Lipinski definition) is 0. The molecule has 0 nitrogen and oxygen atoms in total. The van der Waals surface area contributed by atoms with Crippen molar-refractivity contribution in [3.63, 3.8) is 0 Å². The Hall–Kier alpha value is -0.760. The lowest BCUT2D eigenvalue weighted by molar-refractivity contribution is 0.631. The molecule has 0 radical (unpaired) electrons. The van der Waals surface area contributed by atoms with Crippen molar-refractivity contribution in [3.05, 3.63) is 56.8 Å². The molecule has 0 saturated heterocycles. The van der Waals surface area contributed by atoms with Crippen LogP contribution in [0.5, 0.6) is 0 Å². The van der Waals surface area contributed by atoms with Gasteiger partial charge in [-0.1, -0.05) is 46.4 Å². The molecule has 0 bridgehead atoms. The molecular formula is C13H8Cl3F. The van der Waals surface area contributed by atoms with Gasteiger partial charge in [0.1, 0.15) is 5.82 Å². The lowest BCUT2D eigenvalue weighted by Crippen LogP contribution is -1.87. The van der Waals surface area contributed by atoms with E-state index in [9.17, 15) is 4.39 Å². The van der Waals surface area contributed by atoms with Crippen LogP contribution in [0.3, 0.4) is 0 Å². The number of hydrogen-bond donors (Lipinski definition) is 0. The van der Waals surface area contributed by atoms with Crippen LogP contribution in [0.4, 0.5) is 4.39 Å². The average molecular weight is 290 g/mol. The van der Waals surface area contributed by atoms with E-state index in [-0.39, 0.29) is 5.82 Å². The van der Waals surface area contributed by atoms with E-state index in [4.69, 9.17) is 34.8 Å². The van der Waals surface area contributed by atoms with E-state index in [2.05, 4.69) is 0 Å². The van der Waals surface area contributed by atoms with E-state index < -0.39 is 0 Å². The van der Waals surface area contributed by atoms with Crippen LogP contribution in [0, 0.1) is 12.7 Å². The van der Waals surface area contributed by atoms with Crippen LogP contribution in [-0.2, 0) is 0 Å². The van der Waals surface area contributed by atoms with Crippen LogP contribution in [0.25, 0.3) is 11.1 Å². The molecule has 0 fully saturated rings. The fraction of sp³-hybridized carbons (Fsp3) is 0.0769. The number of benzene rings is 2. The van der Waals surface area contributed by atoms with Crippen molar-refractivity contribution in [2.24, 2.45) is 0 Å². The first-order chi connectivity index (χ1) is 7.99. The van der Waals surface area contributed by atoms with E-state index in [0.29, 0.717) is 26.2 Å². The van der Waals surface area contributed by atoms with E-state index in [0.717, 1.165) is 5.56 Å². The van der Waals surface area contributed by atoms with Crippen LogP contribution in [0.2, 0.25) is 15.1 Å². The fourth-order valence-electron chi connectivity index (χ4n) is 1.57. The Bertz CT molecular complexity index is 579. The first kappa shape index (κ1) is 12.7. The molecule has 2 rings (SSSR count). The molecule has 0 amide bonds. The van der Waals surface area contributed by atoms with E-state index in [1.807, 2.05) is 6.92 Å². The molecule has 17 heavy (non-hydrogen) atoms. The standard InChI is InChI=1S/C13H8Cl3F/c1-7-2-3-13(17)9(4-7)8-5-11(15)12(16)6-10(8)14/h2-6H,1H3. The quantitative estimate of drug-likeness (QED) is 0.585. The van der Waals surface area contributed by atoms with Gasteiger partial charge in [-0.05, 0) is 31.2 Å². The molecule has 0 atom stereocenters. The summed E-state index contributed by atoms with van der Waals surface area (Å²) in [5.41, 5.74) is 1.92. The predicted molar refractivity (Wildman–Crippen MR) is 71.6 cm³/mol. The molecule has 0 aromatic heterocycles. The molecule has 0 saturated carbocycles. The summed E-state index contributed by atoms with van der Waals surface area (Å²) >= 11 is 17.8. The summed E-state index contributed by atoms with van der Waals surface area (Å²) in [6.45, 7) is 1.88. The molecule has 0 aliphatic rings. The van der Waals surface area contributed by atoms with Gasteiger partial charge in [0.15, 0.2) is 0 Å². The summed E-state index contributed by atoms with van der Waals surface area (Å²) in [7, 11) is 0. The lowest BCUT2D eigenvalue weighted by Gasteiger charge is -2.08. The maximum absolute atomic E-state index is 13.7. The van der Waals surface area contributed by atoms with Crippen molar-refractivity contribution < 1.29 is 4.39 Å². The van der Waals surface area contributed by atoms with Gasteiger partial charge in [-0.15, -0.1) is 0 Å². The second-order valence-corrected chi connectivity index (χ2v) is 4.95. The zero-order chi connectivity index (χ0) is 12.6. The Kier molecular flexibility index (Phi) is 3.62. The molecule has 0 aliphatic carbocycles. The monoisotopic (exact) mass is 288 g/mol. The summed E-state index contributed by atoms with van der Waals surface area (Å²) in [4.78, 5) is 0. The van der Waals surface area contributed by atoms with Gasteiger partial charge < -0.3 is 0 Å². The van der Waals surface area contributed by atoms with Gasteiger partial charge in [0.2, 0.25) is 0 Å². The molecule has 0 heterocycles. The molecule has 0 N–H and O–H groups in total. The second kappa shape index (κ2) is 4.85. The molecule has 4 heteroatoms. The van der Waals surface area contributed by atoms with Gasteiger partial charge in [0.05, 0.1) is 15.1 Å². The van der Waals surface area contributed by atoms with Crippen molar-refractivity contribution in [1.82, 2.24) is 0 Å². The van der Waals surface area contributed by atoms with Crippen LogP contribution >= 0.6 is 34.8 Å². The summed E-state index contributed by atoms with van der Waals surface area (Å²) in [5, 5.41) is 1.09. The topological polar surface area (TPSA) is 0 Å². The van der Waals surface area contributed by atoms with Crippen molar-refractivity contribution in [2.45, 2.75) is 6.92 Å². The third kappa shape index (κ3) is 2.57. The number of rotatable bonds is 1. The minimum Gasteiger partial charge on any atom is -0.206 e. The molecule has 2 aromatic rings. The smallest absolute Gasteiger partial charge is 0.131 e. The highest BCUT2D eigenvalue weighted by atomic mass is 35.5. The molecule has 0 aliphatic heterocycles. The average Bonchev–Trinajstić information content (AvgIpc) is 2.27. The largest absolute Gasteiger partial charge is 0.206 e. The molecular weight excluding hydrogens is 282 g/mol. The molecule has 88 valence electrons. The predicted octanol–water partition coefficient (Wildman–Crippen LogP) is 5.76. The Labute approximate surface area is 114 Å². The zero-order valence-corrected chi connectivity index (χ0v) is 11.2. The molecule has 2 aromatic carbocycles. The summed E-state index contributed by atoms with van der Waals surface area (Å²) in [5.74, 6) is -0.337. The van der Waals surface area contributed by atoms with Crippen molar-refractivity contribution >= 4 is 34.8 Å². The molecule has 0 unspecified atom stereocenters. The summed E-state index contributed by atoms with van der Waals surface area (Å²) < 4.78 is 13.7. The highest BCUT2D eigenvalue weighted by Crippen LogP contribution is 2.36. The number of halogens is 4. The summed E-state index contributed by atoms with van der Waals surface area (Å²) in [6.07, 6.45) is 0. The van der Waals surface area contributed by atoms with Gasteiger partial charge in [-0.2, -0.15) is 0 Å². The van der Waals surface area contributed by atoms with Crippen molar-refractivity contribution in [1.29, 1.82) is 0 Å². The second-order valence-electron chi connectivity index (χ2n) is 3.73. The Morgan fingerprint density at radius 1 is 0.824 bits per heavy atom. The molecule has 0 spiro atoms. The number of aryl methyl sites for hydroxylation is 1. The highest BCUT2D eigenvalue weighted by Gasteiger charge is 2.12. The normalized spacial score (nSPS) is 10.6. The lowest BCUT2D eigenvalue weighted by atomic mass is 10.0. The SMILES string of the molecule is Cc1ccc(F)c(-c2cc(Cl)c(Cl)cc2Cl)c1. The van der Waals surface area contributed by atoms with Gasteiger partial charge in [0, 0.05) is 11.1 Å². The Morgan fingerprint density at radius 3 is 2.18 bits per heavy atom. The van der Waals surface area contributed by atoms with Crippen LogP contribution < -0.4 is 0 Å². The third-order valence-corrected chi connectivity index (χ3v) is 3.46. The van der Waals surface area contributed by atoms with E-state index in [1.165, 1.54) is 12.1 Å². The van der Waals surface area contributed by atoms with Gasteiger partial charge >= 0.3 is 0 Å². The zero-order valence-electron chi connectivity index (χ0n) is 8.90. The summed E-state index contributed by atoms with van der Waals surface area (Å²) in [6, 6.07) is 7.92. The first-order valence-electron chi connectivity index (χ1n) is 4.90. The van der Waals surface area contributed by atoms with E-state index in [1.54, 1.807) is 18.2 Å². The van der Waals surface area contributed by atoms with Gasteiger partial charge in [-0.3, -0.25) is 0 Å². The fourth-order valence-corrected chi connectivity index (χ4v) is 2.22. The Balaban J connectivity index is 2.68. The maximum Gasteiger partial charge on any atom is 0.131 e. The van der Waals surface area contributed by atoms with Crippen molar-refractivity contribution in [2.75, 3.05) is 0 Å². The maximum atomic E-state index is 13.7. The van der Waals surface area contributed by atoms with Crippen LogP contribution in [0.1, 0.15) is 5.56 Å². The first-order valence-corrected chi connectivity index (χ1v) is 6.03. The minimum atomic E-state index is -0.337. The van der Waals surface area contributed by atoms with Crippen molar-refractivity contribution in [3.8, 4) is 11.1 Å². The minimum absolute atomic E-state index is 0.337. The van der Waals surface area contributed by atoms with Gasteiger partial charge in [-0.25, -0.2) is 4.39 Å². The third-order valence-electron chi connectivity index (χ3n) is 2.42. The van der Waals surface area contributed by atoms with Gasteiger partial charge in [0.25, 0.3) is 0 Å². The highest BCUT2D eigenvalue weighted by molar-refractivity contribution is 6.44. The van der Waals surface area contributed by atoms with Crippen LogP contribution in [-0.4, -0.2) is 0 Å².